The molecule has 17 heavy (non-hydrogen) atoms. The fourth-order valence-electron chi connectivity index (χ4n) is 1.88. The molecule has 1 saturated heterocycles. The number of hydrogen-bond acceptors (Lipinski definition) is 3. The van der Waals surface area contributed by atoms with Crippen molar-refractivity contribution < 1.29 is 13.5 Å². The van der Waals surface area contributed by atoms with Crippen LogP contribution < -0.4 is 4.31 Å². The number of hydrogen-bond donors (Lipinski definition) is 1. The lowest BCUT2D eigenvalue weighted by molar-refractivity contribution is 0.260. The van der Waals surface area contributed by atoms with Crippen LogP contribution >= 0.6 is 0 Å². The number of anilines is 1. The summed E-state index contributed by atoms with van der Waals surface area (Å²) in [5.41, 5.74) is 1.77. The number of aliphatic hydroxyl groups excluding tert-OH is 1. The molecule has 1 N–H and O–H groups in total. The molecule has 6 heteroatoms. The first kappa shape index (κ1) is 12.3. The van der Waals surface area contributed by atoms with Crippen molar-refractivity contribution in [1.29, 1.82) is 0 Å². The lowest BCUT2D eigenvalue weighted by atomic mass is 10.2. The highest BCUT2D eigenvalue weighted by Crippen LogP contribution is 2.24. The number of benzene rings is 1. The molecule has 1 heterocycles. The van der Waals surface area contributed by atoms with Gasteiger partial charge in [0, 0.05) is 19.6 Å². The Morgan fingerprint density at radius 3 is 2.47 bits per heavy atom. The van der Waals surface area contributed by atoms with Crippen molar-refractivity contribution in [3.63, 3.8) is 0 Å². The third-order valence-electron chi connectivity index (χ3n) is 2.83. The van der Waals surface area contributed by atoms with Crippen molar-refractivity contribution in [2.45, 2.75) is 6.92 Å². The monoisotopic (exact) mass is 256 g/mol. The number of β-amino-alcohol motifs (C(OH)–C–C–N with tert-alkyl or cyclic N) is 1. The van der Waals surface area contributed by atoms with Crippen LogP contribution in [0.15, 0.2) is 24.3 Å². The molecule has 2 rings (SSSR count). The molecule has 5 nitrogen and oxygen atoms in total. The van der Waals surface area contributed by atoms with Crippen molar-refractivity contribution in [1.82, 2.24) is 4.31 Å². The standard InChI is InChI=1S/C11H16N2O3S/c1-10-2-4-11(5-3-10)13-7-6-12(8-9-14)17(13,15)16/h2-5,14H,6-9H2,1H3. The predicted octanol–water partition coefficient (Wildman–Crippen LogP) is 0.354. The highest BCUT2D eigenvalue weighted by molar-refractivity contribution is 7.90. The maximum atomic E-state index is 12.1. The van der Waals surface area contributed by atoms with Gasteiger partial charge in [0.05, 0.1) is 12.3 Å². The Labute approximate surface area is 101 Å². The van der Waals surface area contributed by atoms with Gasteiger partial charge in [-0.2, -0.15) is 12.7 Å². The maximum absolute atomic E-state index is 12.1. The SMILES string of the molecule is Cc1ccc(N2CCN(CCO)S2(=O)=O)cc1. The van der Waals surface area contributed by atoms with Crippen molar-refractivity contribution in [3.05, 3.63) is 29.8 Å². The van der Waals surface area contributed by atoms with Gasteiger partial charge in [-0.1, -0.05) is 17.7 Å². The van der Waals surface area contributed by atoms with Crippen LogP contribution in [0.25, 0.3) is 0 Å². The first-order valence-electron chi connectivity index (χ1n) is 5.51. The Hall–Kier alpha value is -1.11. The van der Waals surface area contributed by atoms with Crippen LogP contribution in [0.1, 0.15) is 5.56 Å². The molecule has 0 spiro atoms. The van der Waals surface area contributed by atoms with Crippen molar-refractivity contribution >= 4 is 15.9 Å². The quantitative estimate of drug-likeness (QED) is 0.849. The van der Waals surface area contributed by atoms with Gasteiger partial charge in [0.15, 0.2) is 0 Å². The van der Waals surface area contributed by atoms with Gasteiger partial charge in [-0.3, -0.25) is 4.31 Å². The molecule has 0 radical (unpaired) electrons. The van der Waals surface area contributed by atoms with E-state index >= 15 is 0 Å². The first-order chi connectivity index (χ1) is 8.05. The van der Waals surface area contributed by atoms with Gasteiger partial charge in [0.2, 0.25) is 0 Å². The number of aliphatic hydroxyl groups is 1. The zero-order valence-electron chi connectivity index (χ0n) is 9.70. The molecule has 0 unspecified atom stereocenters. The topological polar surface area (TPSA) is 60.9 Å². The zero-order valence-corrected chi connectivity index (χ0v) is 10.5. The largest absolute Gasteiger partial charge is 0.395 e. The Kier molecular flexibility index (Phi) is 3.37. The second-order valence-electron chi connectivity index (χ2n) is 4.04. The molecule has 94 valence electrons. The van der Waals surface area contributed by atoms with Crippen LogP contribution in [0, 0.1) is 6.92 Å². The summed E-state index contributed by atoms with van der Waals surface area (Å²) in [5, 5.41) is 8.83. The normalized spacial score (nSPS) is 19.8. The van der Waals surface area contributed by atoms with Crippen LogP contribution in [0.2, 0.25) is 0 Å². The molecule has 1 aromatic rings. The summed E-state index contributed by atoms with van der Waals surface area (Å²) in [7, 11) is -3.45. The van der Waals surface area contributed by atoms with E-state index in [9.17, 15) is 8.42 Å². The lowest BCUT2D eigenvalue weighted by Gasteiger charge is -2.19. The molecule has 1 aliphatic rings. The van der Waals surface area contributed by atoms with Gasteiger partial charge in [-0.15, -0.1) is 0 Å². The predicted molar refractivity (Wildman–Crippen MR) is 66.1 cm³/mol. The van der Waals surface area contributed by atoms with Crippen LogP contribution in [-0.2, 0) is 10.2 Å². The molecule has 1 aliphatic heterocycles. The van der Waals surface area contributed by atoms with Gasteiger partial charge in [0.25, 0.3) is 0 Å². The molecule has 1 fully saturated rings. The molecule has 1 aromatic carbocycles. The molecule has 0 amide bonds. The van der Waals surface area contributed by atoms with Crippen molar-refractivity contribution in [3.8, 4) is 0 Å². The van der Waals surface area contributed by atoms with E-state index in [-0.39, 0.29) is 13.2 Å². The second kappa shape index (κ2) is 4.64. The Morgan fingerprint density at radius 2 is 1.88 bits per heavy atom. The minimum Gasteiger partial charge on any atom is -0.395 e. The van der Waals surface area contributed by atoms with Gasteiger partial charge in [0.1, 0.15) is 0 Å². The van der Waals surface area contributed by atoms with E-state index in [1.807, 2.05) is 19.1 Å². The molecular weight excluding hydrogens is 240 g/mol. The molecule has 0 atom stereocenters. The van der Waals surface area contributed by atoms with Gasteiger partial charge >= 0.3 is 10.2 Å². The van der Waals surface area contributed by atoms with Crippen LogP contribution in [0.3, 0.4) is 0 Å². The molecule has 0 aromatic heterocycles. The van der Waals surface area contributed by atoms with Crippen LogP contribution in [-0.4, -0.2) is 44.1 Å². The smallest absolute Gasteiger partial charge is 0.304 e. The number of nitrogens with zero attached hydrogens (tertiary/aromatic N) is 2. The average Bonchev–Trinajstić information content (AvgIpc) is 2.57. The molecule has 0 bridgehead atoms. The van der Waals surface area contributed by atoms with E-state index in [0.717, 1.165) is 5.56 Å². The highest BCUT2D eigenvalue weighted by Gasteiger charge is 2.35. The molecule has 0 saturated carbocycles. The van der Waals surface area contributed by atoms with Crippen molar-refractivity contribution in [2.24, 2.45) is 0 Å². The highest BCUT2D eigenvalue weighted by atomic mass is 32.2. The summed E-state index contributed by atoms with van der Waals surface area (Å²) in [6.45, 7) is 2.83. The fourth-order valence-corrected chi connectivity index (χ4v) is 3.49. The van der Waals surface area contributed by atoms with E-state index in [4.69, 9.17) is 5.11 Å². The Balaban J connectivity index is 2.27. The summed E-state index contributed by atoms with van der Waals surface area (Å²) in [4.78, 5) is 0. The summed E-state index contributed by atoms with van der Waals surface area (Å²) < 4.78 is 26.9. The van der Waals surface area contributed by atoms with E-state index in [0.29, 0.717) is 18.8 Å². The van der Waals surface area contributed by atoms with Crippen LogP contribution in [0.5, 0.6) is 0 Å². The van der Waals surface area contributed by atoms with Crippen LogP contribution in [0.4, 0.5) is 5.69 Å². The first-order valence-corrected chi connectivity index (χ1v) is 6.91. The third-order valence-corrected chi connectivity index (χ3v) is 4.80. The van der Waals surface area contributed by atoms with E-state index in [1.54, 1.807) is 12.1 Å². The van der Waals surface area contributed by atoms with Gasteiger partial charge in [-0.05, 0) is 19.1 Å². The summed E-state index contributed by atoms with van der Waals surface area (Å²) in [6, 6.07) is 7.38. The van der Waals surface area contributed by atoms with Crippen molar-refractivity contribution in [2.75, 3.05) is 30.5 Å². The summed E-state index contributed by atoms with van der Waals surface area (Å²) in [5.74, 6) is 0. The number of rotatable bonds is 3. The minimum absolute atomic E-state index is 0.152. The third kappa shape index (κ3) is 2.29. The second-order valence-corrected chi connectivity index (χ2v) is 5.89. The van der Waals surface area contributed by atoms with E-state index < -0.39 is 10.2 Å². The maximum Gasteiger partial charge on any atom is 0.304 e. The Bertz CT molecular complexity index is 484. The fraction of sp³-hybridized carbons (Fsp3) is 0.455. The molecular formula is C11H16N2O3S. The lowest BCUT2D eigenvalue weighted by Crippen LogP contribution is -2.34. The van der Waals surface area contributed by atoms with E-state index in [2.05, 4.69) is 0 Å². The number of aryl methyl sites for hydroxylation is 1. The minimum atomic E-state index is -3.45. The zero-order chi connectivity index (χ0) is 12.5. The van der Waals surface area contributed by atoms with E-state index in [1.165, 1.54) is 8.61 Å². The summed E-state index contributed by atoms with van der Waals surface area (Å²) >= 11 is 0. The van der Waals surface area contributed by atoms with Gasteiger partial charge < -0.3 is 5.11 Å². The summed E-state index contributed by atoms with van der Waals surface area (Å²) in [6.07, 6.45) is 0. The average molecular weight is 256 g/mol. The van der Waals surface area contributed by atoms with Gasteiger partial charge in [-0.25, -0.2) is 0 Å². The Morgan fingerprint density at radius 1 is 1.24 bits per heavy atom. The molecule has 0 aliphatic carbocycles.